The highest BCUT2D eigenvalue weighted by molar-refractivity contribution is 5.72. The van der Waals surface area contributed by atoms with Crippen LogP contribution in [-0.4, -0.2) is 5.97 Å². The zero-order valence-electron chi connectivity index (χ0n) is 9.26. The van der Waals surface area contributed by atoms with Crippen molar-refractivity contribution in [2.75, 3.05) is 0 Å². The highest BCUT2D eigenvalue weighted by Gasteiger charge is 2.27. The van der Waals surface area contributed by atoms with Gasteiger partial charge in [-0.1, -0.05) is 30.3 Å². The summed E-state index contributed by atoms with van der Waals surface area (Å²) in [4.78, 5) is 15.6. The monoisotopic (exact) mass is 219 g/mol. The van der Waals surface area contributed by atoms with Crippen LogP contribution >= 0.6 is 0 Å². The molecule has 2 N–H and O–H groups in total. The van der Waals surface area contributed by atoms with Crippen molar-refractivity contribution in [2.45, 2.75) is 31.6 Å². The molecular formula is C13H17NO2. The van der Waals surface area contributed by atoms with Gasteiger partial charge in [0.1, 0.15) is 0 Å². The van der Waals surface area contributed by atoms with E-state index in [1.165, 1.54) is 5.56 Å². The fraction of sp³-hybridized carbons (Fsp3) is 0.462. The molecule has 0 aromatic heterocycles. The summed E-state index contributed by atoms with van der Waals surface area (Å²) >= 11 is 0. The molecule has 0 heterocycles. The van der Waals surface area contributed by atoms with Crippen molar-refractivity contribution >= 4 is 5.97 Å². The number of hydrogen-bond donors (Lipinski definition) is 1. The Morgan fingerprint density at radius 1 is 1.12 bits per heavy atom. The largest absolute Gasteiger partial charge is 0.373 e. The Bertz CT molecular complexity index is 342. The molecule has 1 aliphatic rings. The summed E-state index contributed by atoms with van der Waals surface area (Å²) in [6.45, 7) is 0. The molecule has 0 radical (unpaired) electrons. The molecule has 0 spiro atoms. The number of hydrogen-bond acceptors (Lipinski definition) is 3. The first-order valence-corrected chi connectivity index (χ1v) is 5.76. The summed E-state index contributed by atoms with van der Waals surface area (Å²) in [5, 5.41) is 0. The molecule has 0 amide bonds. The van der Waals surface area contributed by atoms with E-state index in [2.05, 4.69) is 29.1 Å². The van der Waals surface area contributed by atoms with Crippen LogP contribution in [0.2, 0.25) is 0 Å². The van der Waals surface area contributed by atoms with Crippen molar-refractivity contribution in [1.29, 1.82) is 0 Å². The Morgan fingerprint density at radius 2 is 1.75 bits per heavy atom. The first-order chi connectivity index (χ1) is 7.81. The lowest BCUT2D eigenvalue weighted by Gasteiger charge is -2.26. The Morgan fingerprint density at radius 3 is 2.31 bits per heavy atom. The zero-order chi connectivity index (χ0) is 11.4. The molecule has 86 valence electrons. The van der Waals surface area contributed by atoms with Crippen LogP contribution in [0.15, 0.2) is 30.3 Å². The fourth-order valence-corrected chi connectivity index (χ4v) is 2.48. The van der Waals surface area contributed by atoms with E-state index in [1.807, 2.05) is 6.07 Å². The van der Waals surface area contributed by atoms with Gasteiger partial charge in [0.25, 0.3) is 0 Å². The van der Waals surface area contributed by atoms with Crippen LogP contribution < -0.4 is 5.90 Å². The second-order valence-corrected chi connectivity index (χ2v) is 4.40. The minimum absolute atomic E-state index is 0.00459. The normalized spacial score (nSPS) is 25.1. The summed E-state index contributed by atoms with van der Waals surface area (Å²) in [5.74, 6) is 5.23. The summed E-state index contributed by atoms with van der Waals surface area (Å²) in [6.07, 6.45) is 3.86. The summed E-state index contributed by atoms with van der Waals surface area (Å²) < 4.78 is 0. The van der Waals surface area contributed by atoms with Crippen LogP contribution in [0.3, 0.4) is 0 Å². The molecule has 2 rings (SSSR count). The van der Waals surface area contributed by atoms with Gasteiger partial charge in [0, 0.05) is 0 Å². The van der Waals surface area contributed by atoms with Crippen LogP contribution in [0, 0.1) is 5.92 Å². The number of rotatable bonds is 2. The average molecular weight is 219 g/mol. The van der Waals surface area contributed by atoms with E-state index in [0.717, 1.165) is 25.7 Å². The minimum atomic E-state index is -0.258. The van der Waals surface area contributed by atoms with Gasteiger partial charge in [0.2, 0.25) is 0 Å². The third kappa shape index (κ3) is 2.42. The minimum Gasteiger partial charge on any atom is -0.373 e. The van der Waals surface area contributed by atoms with E-state index in [0.29, 0.717) is 5.92 Å². The van der Waals surface area contributed by atoms with Crippen molar-refractivity contribution in [2.24, 2.45) is 11.8 Å². The highest BCUT2D eigenvalue weighted by Crippen LogP contribution is 2.35. The maximum absolute atomic E-state index is 11.3. The molecule has 0 aliphatic heterocycles. The second-order valence-electron chi connectivity index (χ2n) is 4.40. The van der Waals surface area contributed by atoms with Gasteiger partial charge in [-0.2, -0.15) is 5.90 Å². The topological polar surface area (TPSA) is 52.3 Å². The smallest absolute Gasteiger partial charge is 0.327 e. The molecule has 0 bridgehead atoms. The van der Waals surface area contributed by atoms with Gasteiger partial charge in [-0.05, 0) is 37.2 Å². The third-order valence-electron chi connectivity index (χ3n) is 3.45. The van der Waals surface area contributed by atoms with Crippen molar-refractivity contribution in [3.05, 3.63) is 35.9 Å². The highest BCUT2D eigenvalue weighted by atomic mass is 16.7. The number of nitrogens with two attached hydrogens (primary N) is 1. The number of benzene rings is 1. The van der Waals surface area contributed by atoms with Crippen LogP contribution in [0.5, 0.6) is 0 Å². The van der Waals surface area contributed by atoms with Gasteiger partial charge < -0.3 is 4.84 Å². The Kier molecular flexibility index (Phi) is 3.57. The van der Waals surface area contributed by atoms with E-state index < -0.39 is 0 Å². The summed E-state index contributed by atoms with van der Waals surface area (Å²) in [7, 11) is 0. The van der Waals surface area contributed by atoms with E-state index in [9.17, 15) is 4.79 Å². The molecule has 3 heteroatoms. The average Bonchev–Trinajstić information content (AvgIpc) is 2.39. The molecule has 0 atom stereocenters. The molecule has 1 aliphatic carbocycles. The summed E-state index contributed by atoms with van der Waals surface area (Å²) in [6, 6.07) is 10.5. The van der Waals surface area contributed by atoms with Crippen LogP contribution in [0.4, 0.5) is 0 Å². The van der Waals surface area contributed by atoms with Crippen molar-refractivity contribution in [3.63, 3.8) is 0 Å². The third-order valence-corrected chi connectivity index (χ3v) is 3.45. The van der Waals surface area contributed by atoms with Crippen molar-refractivity contribution in [3.8, 4) is 0 Å². The van der Waals surface area contributed by atoms with Crippen LogP contribution in [0.1, 0.15) is 37.2 Å². The lowest BCUT2D eigenvalue weighted by molar-refractivity contribution is -0.150. The SMILES string of the molecule is NOC(=O)C1CCC(c2ccccc2)CC1. The summed E-state index contributed by atoms with van der Waals surface area (Å²) in [5.41, 5.74) is 1.38. The van der Waals surface area contributed by atoms with Gasteiger partial charge in [0.15, 0.2) is 0 Å². The molecule has 1 saturated carbocycles. The molecule has 16 heavy (non-hydrogen) atoms. The van der Waals surface area contributed by atoms with Crippen LogP contribution in [-0.2, 0) is 9.63 Å². The van der Waals surface area contributed by atoms with Gasteiger partial charge in [-0.15, -0.1) is 0 Å². The molecule has 1 aromatic carbocycles. The Hall–Kier alpha value is -1.35. The molecule has 3 nitrogen and oxygen atoms in total. The predicted octanol–water partition coefficient (Wildman–Crippen LogP) is 2.38. The first-order valence-electron chi connectivity index (χ1n) is 5.76. The van der Waals surface area contributed by atoms with Crippen molar-refractivity contribution < 1.29 is 9.63 Å². The van der Waals surface area contributed by atoms with E-state index in [4.69, 9.17) is 5.90 Å². The van der Waals surface area contributed by atoms with Gasteiger partial charge in [-0.25, -0.2) is 0 Å². The van der Waals surface area contributed by atoms with E-state index in [-0.39, 0.29) is 11.9 Å². The number of carbonyl (C=O) groups excluding carboxylic acids is 1. The van der Waals surface area contributed by atoms with Gasteiger partial charge >= 0.3 is 5.97 Å². The van der Waals surface area contributed by atoms with Crippen LogP contribution in [0.25, 0.3) is 0 Å². The van der Waals surface area contributed by atoms with Crippen molar-refractivity contribution in [1.82, 2.24) is 0 Å². The maximum Gasteiger partial charge on any atom is 0.327 e. The Balaban J connectivity index is 1.93. The maximum atomic E-state index is 11.3. The fourth-order valence-electron chi connectivity index (χ4n) is 2.48. The van der Waals surface area contributed by atoms with E-state index in [1.54, 1.807) is 0 Å². The Labute approximate surface area is 95.5 Å². The number of carbonyl (C=O) groups is 1. The first kappa shape index (κ1) is 11.1. The second kappa shape index (κ2) is 5.12. The standard InChI is InChI=1S/C13H17NO2/c14-16-13(15)12-8-6-11(7-9-12)10-4-2-1-3-5-10/h1-5,11-12H,6-9,14H2. The quantitative estimate of drug-likeness (QED) is 0.777. The van der Waals surface area contributed by atoms with Gasteiger partial charge in [-0.3, -0.25) is 4.79 Å². The molecule has 1 fully saturated rings. The molecule has 1 aromatic rings. The zero-order valence-corrected chi connectivity index (χ0v) is 9.26. The lowest BCUT2D eigenvalue weighted by atomic mass is 9.79. The van der Waals surface area contributed by atoms with E-state index >= 15 is 0 Å². The molecule has 0 unspecified atom stereocenters. The lowest BCUT2D eigenvalue weighted by Crippen LogP contribution is -2.25. The molecular weight excluding hydrogens is 202 g/mol. The van der Waals surface area contributed by atoms with Gasteiger partial charge in [0.05, 0.1) is 5.92 Å². The molecule has 0 saturated heterocycles. The predicted molar refractivity (Wildman–Crippen MR) is 61.4 cm³/mol.